The molecule has 0 spiro atoms. The fourth-order valence-electron chi connectivity index (χ4n) is 3.17. The van der Waals surface area contributed by atoms with E-state index in [1.165, 1.54) is 0 Å². The molecule has 0 amide bonds. The molecule has 34 heavy (non-hydrogen) atoms. The molecule has 1 fully saturated rings. The van der Waals surface area contributed by atoms with Gasteiger partial charge < -0.3 is 24.7 Å². The summed E-state index contributed by atoms with van der Waals surface area (Å²) in [5.41, 5.74) is 6.63. The molecule has 1 aromatic heterocycles. The number of carboxylic acid groups (broad SMARTS) is 1. The predicted molar refractivity (Wildman–Crippen MR) is 133 cm³/mol. The second-order valence-corrected chi connectivity index (χ2v) is 14.3. The van der Waals surface area contributed by atoms with Gasteiger partial charge >= 0.3 is 24.8 Å². The molecular formula is C23H31LiN4O5Si. The Labute approximate surface area is 212 Å². The third kappa shape index (κ3) is 6.18. The molecule has 2 heterocycles. The number of nitrogens with two attached hydrogens (primary N) is 1. The van der Waals surface area contributed by atoms with Crippen LogP contribution in [0.1, 0.15) is 43.1 Å². The van der Waals surface area contributed by atoms with E-state index >= 15 is 0 Å². The number of rotatable bonds is 7. The molecule has 0 aliphatic carbocycles. The zero-order chi connectivity index (χ0) is 24.4. The van der Waals surface area contributed by atoms with E-state index in [4.69, 9.17) is 19.6 Å². The minimum atomic E-state index is -2.00. The van der Waals surface area contributed by atoms with Gasteiger partial charge in [-0.1, -0.05) is 32.9 Å². The number of hydrogen-bond acceptors (Lipinski definition) is 8. The Hall–Kier alpha value is -2.41. The molecule has 3 N–H and O–H groups in total. The first-order chi connectivity index (χ1) is 15.4. The van der Waals surface area contributed by atoms with Crippen molar-refractivity contribution in [2.45, 2.75) is 57.5 Å². The van der Waals surface area contributed by atoms with Crippen molar-refractivity contribution in [3.05, 3.63) is 35.4 Å². The summed E-state index contributed by atoms with van der Waals surface area (Å²) >= 11 is 0. The van der Waals surface area contributed by atoms with Crippen LogP contribution < -0.4 is 10.5 Å². The van der Waals surface area contributed by atoms with Crippen molar-refractivity contribution in [2.75, 3.05) is 18.9 Å². The van der Waals surface area contributed by atoms with E-state index in [-0.39, 0.29) is 53.1 Å². The van der Waals surface area contributed by atoms with E-state index in [9.17, 15) is 15.2 Å². The summed E-state index contributed by atoms with van der Waals surface area (Å²) in [4.78, 5) is 20.4. The Morgan fingerprint density at radius 1 is 1.35 bits per heavy atom. The molecule has 0 radical (unpaired) electrons. The fourth-order valence-corrected chi connectivity index (χ4v) is 4.18. The Kier molecular flexibility index (Phi) is 8.92. The van der Waals surface area contributed by atoms with Crippen LogP contribution in [0.5, 0.6) is 5.88 Å². The molecule has 0 unspecified atom stereocenters. The molecule has 1 aliphatic heterocycles. The summed E-state index contributed by atoms with van der Waals surface area (Å²) in [6, 6.07) is 8.72. The van der Waals surface area contributed by atoms with E-state index in [1.807, 2.05) is 0 Å². The zero-order valence-corrected chi connectivity index (χ0v) is 20.6. The average molecular weight is 479 g/mol. The van der Waals surface area contributed by atoms with E-state index in [1.54, 1.807) is 24.3 Å². The van der Waals surface area contributed by atoms with E-state index in [0.717, 1.165) is 0 Å². The maximum absolute atomic E-state index is 11.9. The molecule has 1 saturated heterocycles. The van der Waals surface area contributed by atoms with Gasteiger partial charge in [0.2, 0.25) is 5.88 Å². The summed E-state index contributed by atoms with van der Waals surface area (Å²) in [6.45, 7) is 11.6. The summed E-state index contributed by atoms with van der Waals surface area (Å²) in [6.07, 6.45) is -0.240. The number of carbonyl (C=O) groups is 1. The van der Waals surface area contributed by atoms with Crippen molar-refractivity contribution in [3.63, 3.8) is 0 Å². The first-order valence-electron chi connectivity index (χ1n) is 10.8. The number of carboxylic acids is 1. The van der Waals surface area contributed by atoms with Gasteiger partial charge in [0.05, 0.1) is 24.8 Å². The van der Waals surface area contributed by atoms with E-state index in [2.05, 4.69) is 49.9 Å². The number of aromatic nitrogens is 2. The van der Waals surface area contributed by atoms with Crippen LogP contribution in [0, 0.1) is 11.3 Å². The standard InChI is InChI=1S/C23H30N4O5Si.Li.H/c1-23(2,3)33(4,5)31-13-17-16(9-10-30-17)32-21-18(22(28)29)19(25)26-20(27-21)15-8-6-7-14(11-15)12-24;;/h6-8,11,16-17H,9-10,13H2,1-5H3,(H,28,29)(H2,25,26,27);;/t16-,17+;;/m0../s1. The van der Waals surface area contributed by atoms with Gasteiger partial charge in [0.15, 0.2) is 19.7 Å². The quantitative estimate of drug-likeness (QED) is 0.574. The Morgan fingerprint density at radius 3 is 2.68 bits per heavy atom. The van der Waals surface area contributed by atoms with Crippen LogP contribution in [0.4, 0.5) is 5.82 Å². The van der Waals surface area contributed by atoms with Crippen molar-refractivity contribution in [3.8, 4) is 23.3 Å². The average Bonchev–Trinajstić information content (AvgIpc) is 3.17. The second-order valence-electron chi connectivity index (χ2n) is 9.54. The molecule has 11 heteroatoms. The van der Waals surface area contributed by atoms with Crippen LogP contribution in [-0.2, 0) is 9.16 Å². The number of aromatic carboxylic acids is 1. The fraction of sp³-hybridized carbons (Fsp3) is 0.478. The van der Waals surface area contributed by atoms with Crippen LogP contribution >= 0.6 is 0 Å². The molecule has 178 valence electrons. The van der Waals surface area contributed by atoms with Crippen LogP contribution in [0.2, 0.25) is 18.1 Å². The second kappa shape index (κ2) is 10.9. The molecule has 1 aromatic carbocycles. The summed E-state index contributed by atoms with van der Waals surface area (Å²) in [5.74, 6) is -1.44. The van der Waals surface area contributed by atoms with Crippen LogP contribution in [0.3, 0.4) is 0 Å². The van der Waals surface area contributed by atoms with Gasteiger partial charge in [-0.05, 0) is 30.3 Å². The van der Waals surface area contributed by atoms with Crippen LogP contribution in [0.15, 0.2) is 24.3 Å². The Morgan fingerprint density at radius 2 is 2.06 bits per heavy atom. The predicted octanol–water partition coefficient (Wildman–Crippen LogP) is 3.21. The molecule has 2 aromatic rings. The molecule has 2 atom stereocenters. The summed E-state index contributed by atoms with van der Waals surface area (Å²) in [5, 5.41) is 18.9. The minimum absolute atomic E-state index is 0. The molecule has 9 nitrogen and oxygen atoms in total. The van der Waals surface area contributed by atoms with E-state index < -0.39 is 20.4 Å². The first-order valence-corrected chi connectivity index (χ1v) is 13.7. The van der Waals surface area contributed by atoms with Crippen molar-refractivity contribution in [2.24, 2.45) is 0 Å². The number of nitrogens with zero attached hydrogens (tertiary/aromatic N) is 3. The SMILES string of the molecule is CC(C)(C)[Si](C)(C)OC[C@H]1OCC[C@@H]1Oc1nc(-c2cccc(C#N)c2)nc(N)c1C(=O)O.[LiH]. The summed E-state index contributed by atoms with van der Waals surface area (Å²) < 4.78 is 18.2. The number of nitriles is 1. The number of benzene rings is 1. The van der Waals surface area contributed by atoms with Gasteiger partial charge in [-0.25, -0.2) is 9.78 Å². The molecule has 1 aliphatic rings. The van der Waals surface area contributed by atoms with E-state index in [0.29, 0.717) is 30.8 Å². The van der Waals surface area contributed by atoms with Gasteiger partial charge in [0.1, 0.15) is 18.0 Å². The number of hydrogen-bond donors (Lipinski definition) is 2. The van der Waals surface area contributed by atoms with Gasteiger partial charge in [0.25, 0.3) is 0 Å². The zero-order valence-electron chi connectivity index (χ0n) is 19.6. The van der Waals surface area contributed by atoms with Crippen LogP contribution in [0.25, 0.3) is 11.4 Å². The monoisotopic (exact) mass is 478 g/mol. The van der Waals surface area contributed by atoms with Gasteiger partial charge in [0, 0.05) is 12.0 Å². The first kappa shape index (κ1) is 27.8. The molecule has 3 rings (SSSR count). The molecule has 0 bridgehead atoms. The van der Waals surface area contributed by atoms with Crippen molar-refractivity contribution in [1.82, 2.24) is 9.97 Å². The summed E-state index contributed by atoms with van der Waals surface area (Å²) in [7, 11) is -2.00. The Bertz CT molecular complexity index is 1080. The third-order valence-corrected chi connectivity index (χ3v) is 10.7. The third-order valence-electron chi connectivity index (χ3n) is 6.19. The normalized spacial score (nSPS) is 18.1. The van der Waals surface area contributed by atoms with Gasteiger partial charge in [-0.2, -0.15) is 10.2 Å². The Balaban J connectivity index is 0.00000408. The number of ether oxygens (including phenoxy) is 2. The van der Waals surface area contributed by atoms with Gasteiger partial charge in [-0.15, -0.1) is 0 Å². The molecular weight excluding hydrogens is 447 g/mol. The number of anilines is 1. The van der Waals surface area contributed by atoms with Crippen molar-refractivity contribution >= 4 is 39.0 Å². The van der Waals surface area contributed by atoms with Crippen molar-refractivity contribution < 1.29 is 23.8 Å². The maximum atomic E-state index is 11.9. The van der Waals surface area contributed by atoms with Crippen molar-refractivity contribution in [1.29, 1.82) is 5.26 Å². The van der Waals surface area contributed by atoms with Crippen LogP contribution in [-0.4, -0.2) is 73.6 Å². The van der Waals surface area contributed by atoms with Gasteiger partial charge in [-0.3, -0.25) is 0 Å². The number of nitrogen functional groups attached to an aromatic ring is 1. The molecule has 0 saturated carbocycles. The topological polar surface area (TPSA) is 141 Å².